The summed E-state index contributed by atoms with van der Waals surface area (Å²) in [6.45, 7) is 23.4. The zero-order valence-corrected chi connectivity index (χ0v) is 48.3. The molecule has 0 amide bonds. The van der Waals surface area contributed by atoms with E-state index >= 15 is 0 Å². The van der Waals surface area contributed by atoms with Gasteiger partial charge in [-0.25, -0.2) is 0 Å². The predicted octanol–water partition coefficient (Wildman–Crippen LogP) is 8.93. The Kier molecular flexibility index (Phi) is 36.4. The largest absolute Gasteiger partial charge is 0.507 e. The van der Waals surface area contributed by atoms with E-state index < -0.39 is 5.97 Å². The zero-order chi connectivity index (χ0) is 55.8. The summed E-state index contributed by atoms with van der Waals surface area (Å²) in [5.41, 5.74) is 5.45. The van der Waals surface area contributed by atoms with Crippen LogP contribution in [0.3, 0.4) is 0 Å². The summed E-state index contributed by atoms with van der Waals surface area (Å²) in [5, 5.41) is 20.8. The highest BCUT2D eigenvalue weighted by atomic mass is 32.2. The van der Waals surface area contributed by atoms with Gasteiger partial charge in [-0.15, -0.1) is 0 Å². The van der Waals surface area contributed by atoms with Crippen molar-refractivity contribution in [2.45, 2.75) is 77.0 Å². The van der Waals surface area contributed by atoms with Gasteiger partial charge < -0.3 is 81.4 Å². The van der Waals surface area contributed by atoms with Crippen LogP contribution in [-0.2, 0) is 67.1 Å². The first kappa shape index (κ1) is 67.6. The second-order valence-electron chi connectivity index (χ2n) is 19.6. The second-order valence-corrected chi connectivity index (χ2v) is 20.3. The highest BCUT2D eigenvalue weighted by Gasteiger charge is 2.39. The maximum absolute atomic E-state index is 11.7. The molecule has 18 nitrogen and oxygen atoms in total. The quantitative estimate of drug-likeness (QED) is 0.0419. The molecular weight excluding hydrogens is 1010 g/mol. The fraction of sp³-hybridized carbons (Fsp3) is 0.672. The minimum Gasteiger partial charge on any atom is -0.507 e. The van der Waals surface area contributed by atoms with E-state index in [1.165, 1.54) is 0 Å². The molecule has 77 heavy (non-hydrogen) atoms. The van der Waals surface area contributed by atoms with E-state index in [9.17, 15) is 14.5 Å². The molecule has 438 valence electrons. The Bertz CT molecular complexity index is 1920. The highest BCUT2D eigenvalue weighted by Crippen LogP contribution is 2.49. The SMILES string of the molecule is COCCOCCOCCOCCOCCOCCN(CCOCCOCCOCCOCCOCCOC)c1ccc(/C(=C\C/C=C/C=C2/N(CCCCCC(=O)O)c3ccc(SO)cc3C2(C)C)C(C)(C)C)c(O)c1. The van der Waals surface area contributed by atoms with Crippen LogP contribution in [-0.4, -0.2) is 200 Å². The molecule has 0 saturated carbocycles. The molecule has 0 spiro atoms. The Morgan fingerprint density at radius 1 is 0.636 bits per heavy atom. The molecule has 19 heteroatoms. The van der Waals surface area contributed by atoms with Gasteiger partial charge in [-0.2, -0.15) is 0 Å². The van der Waals surface area contributed by atoms with Gasteiger partial charge in [-0.05, 0) is 72.2 Å². The maximum Gasteiger partial charge on any atom is 0.303 e. The van der Waals surface area contributed by atoms with E-state index in [0.717, 1.165) is 70.1 Å². The number of allylic oxidation sites excluding steroid dienone is 6. The van der Waals surface area contributed by atoms with Gasteiger partial charge in [0.25, 0.3) is 0 Å². The number of benzene rings is 2. The smallest absolute Gasteiger partial charge is 0.303 e. The number of nitrogens with zero attached hydrogens (tertiary/aromatic N) is 2. The summed E-state index contributed by atoms with van der Waals surface area (Å²) in [6, 6.07) is 11.9. The fourth-order valence-corrected chi connectivity index (χ4v) is 8.63. The number of carbonyl (C=O) groups is 1. The number of anilines is 2. The standard InChI is InChI=1S/C58H94N2O16S/c1-57(2,3)51(14-10-8-11-15-55-58(4,5)52-47-49(77-64)18-20-53(52)60(55)21-13-9-12-16-56(62)63)50-19-17-48(46-54(50)61)59(22-24-67-30-32-71-38-40-75-44-42-73-36-34-69-28-26-65-6)23-25-68-31-33-72-39-41-76-45-43-74-37-35-70-29-27-66-7/h8,11,14-15,17-20,46-47,61,64H,9-10,12-13,16,21-45H2,1-7H3,(H,62,63)/b11-8+,51-14+,55-15+. The average molecular weight is 1110 g/mol. The number of unbranched alkanes of at least 4 members (excludes halogenated alkanes) is 2. The van der Waals surface area contributed by atoms with Crippen LogP contribution in [0, 0.1) is 5.41 Å². The molecule has 0 aromatic heterocycles. The molecule has 2 aromatic rings. The summed E-state index contributed by atoms with van der Waals surface area (Å²) in [5.74, 6) is -0.580. The van der Waals surface area contributed by atoms with E-state index in [0.29, 0.717) is 171 Å². The lowest BCUT2D eigenvalue weighted by molar-refractivity contribution is -0.137. The summed E-state index contributed by atoms with van der Waals surface area (Å²) in [7, 11) is 3.28. The molecule has 2 aromatic carbocycles. The fourth-order valence-electron chi connectivity index (χ4n) is 8.33. The number of methoxy groups -OCH3 is 2. The van der Waals surface area contributed by atoms with Crippen LogP contribution in [0.25, 0.3) is 5.57 Å². The van der Waals surface area contributed by atoms with Crippen LogP contribution in [0.2, 0.25) is 0 Å². The van der Waals surface area contributed by atoms with Gasteiger partial charge in [-0.3, -0.25) is 4.79 Å². The minimum atomic E-state index is -0.769. The molecule has 0 unspecified atom stereocenters. The molecule has 0 aliphatic carbocycles. The lowest BCUT2D eigenvalue weighted by Crippen LogP contribution is -2.31. The molecule has 0 bridgehead atoms. The molecule has 1 aliphatic heterocycles. The van der Waals surface area contributed by atoms with E-state index in [2.05, 4.69) is 80.9 Å². The first-order chi connectivity index (χ1) is 37.3. The van der Waals surface area contributed by atoms with Crippen LogP contribution in [0.15, 0.2) is 71.3 Å². The Labute approximate surface area is 464 Å². The van der Waals surface area contributed by atoms with Gasteiger partial charge in [0.1, 0.15) is 5.75 Å². The number of carboxylic acid groups (broad SMARTS) is 1. The average Bonchev–Trinajstić information content (AvgIpc) is 3.68. The third-order valence-electron chi connectivity index (χ3n) is 12.4. The van der Waals surface area contributed by atoms with Crippen molar-refractivity contribution < 1.29 is 76.4 Å². The molecule has 3 rings (SSSR count). The van der Waals surface area contributed by atoms with Crippen LogP contribution in [0.5, 0.6) is 5.75 Å². The van der Waals surface area contributed by atoms with Crippen LogP contribution < -0.4 is 9.80 Å². The molecule has 0 radical (unpaired) electrons. The third-order valence-corrected chi connectivity index (χ3v) is 12.8. The van der Waals surface area contributed by atoms with Gasteiger partial charge in [0, 0.05) is 91.3 Å². The molecule has 3 N–H and O–H groups in total. The van der Waals surface area contributed by atoms with Crippen molar-refractivity contribution in [3.05, 3.63) is 77.5 Å². The molecular formula is C58H94N2O16S. The Morgan fingerprint density at radius 3 is 1.53 bits per heavy atom. The first-order valence-corrected chi connectivity index (χ1v) is 28.0. The molecule has 0 atom stereocenters. The van der Waals surface area contributed by atoms with Crippen molar-refractivity contribution >= 4 is 35.0 Å². The predicted molar refractivity (Wildman–Crippen MR) is 303 cm³/mol. The zero-order valence-electron chi connectivity index (χ0n) is 47.4. The third kappa shape index (κ3) is 28.4. The molecule has 1 heterocycles. The molecule has 0 saturated heterocycles. The topological polar surface area (TPSA) is 195 Å². The second kappa shape index (κ2) is 41.4. The lowest BCUT2D eigenvalue weighted by atomic mass is 9.81. The number of phenols is 1. The monoisotopic (exact) mass is 1110 g/mol. The number of aliphatic carboxylic acids is 1. The first-order valence-electron chi connectivity index (χ1n) is 27.2. The Morgan fingerprint density at radius 2 is 1.10 bits per heavy atom. The molecule has 1 aliphatic rings. The van der Waals surface area contributed by atoms with Crippen molar-refractivity contribution in [2.75, 3.05) is 189 Å². The van der Waals surface area contributed by atoms with E-state index in [1.54, 1.807) is 14.2 Å². The Hall–Kier alpha value is -3.64. The lowest BCUT2D eigenvalue weighted by Gasteiger charge is -2.28. The normalized spacial score (nSPS) is 14.2. The number of phenolic OH excluding ortho intramolecular Hbond substituents is 1. The van der Waals surface area contributed by atoms with Crippen LogP contribution >= 0.6 is 12.0 Å². The van der Waals surface area contributed by atoms with Gasteiger partial charge in [-0.1, -0.05) is 59.3 Å². The molecule has 0 fully saturated rings. The van der Waals surface area contributed by atoms with Crippen molar-refractivity contribution in [3.63, 3.8) is 0 Å². The number of carboxylic acids is 1. The van der Waals surface area contributed by atoms with Gasteiger partial charge in [0.15, 0.2) is 0 Å². The Balaban J connectivity index is 1.58. The van der Waals surface area contributed by atoms with Crippen molar-refractivity contribution in [2.24, 2.45) is 5.41 Å². The number of hydrogen-bond acceptors (Lipinski definition) is 18. The van der Waals surface area contributed by atoms with Crippen LogP contribution in [0.1, 0.15) is 77.8 Å². The van der Waals surface area contributed by atoms with Gasteiger partial charge >= 0.3 is 5.97 Å². The number of fused-ring (bicyclic) bond motifs is 1. The van der Waals surface area contributed by atoms with Crippen molar-refractivity contribution in [1.29, 1.82) is 0 Å². The van der Waals surface area contributed by atoms with Gasteiger partial charge in [0.05, 0.1) is 145 Å². The van der Waals surface area contributed by atoms with Crippen LogP contribution in [0.4, 0.5) is 11.4 Å². The van der Waals surface area contributed by atoms with E-state index in [1.807, 2.05) is 24.3 Å². The van der Waals surface area contributed by atoms with Gasteiger partial charge in [0.2, 0.25) is 0 Å². The number of rotatable bonds is 48. The van der Waals surface area contributed by atoms with Crippen molar-refractivity contribution in [3.8, 4) is 5.75 Å². The minimum absolute atomic E-state index is 0.170. The van der Waals surface area contributed by atoms with Crippen molar-refractivity contribution in [1.82, 2.24) is 0 Å². The highest BCUT2D eigenvalue weighted by molar-refractivity contribution is 7.93. The number of ether oxygens (including phenoxy) is 12. The van der Waals surface area contributed by atoms with E-state index in [4.69, 9.17) is 61.9 Å². The number of hydrogen-bond donors (Lipinski definition) is 3. The summed E-state index contributed by atoms with van der Waals surface area (Å²) in [6.07, 6.45) is 11.7. The maximum atomic E-state index is 11.7. The summed E-state index contributed by atoms with van der Waals surface area (Å²) < 4.78 is 76.1. The number of aromatic hydroxyl groups is 1. The summed E-state index contributed by atoms with van der Waals surface area (Å²) in [4.78, 5) is 16.4. The van der Waals surface area contributed by atoms with E-state index in [-0.39, 0.29) is 23.0 Å². The summed E-state index contributed by atoms with van der Waals surface area (Å²) >= 11 is 0.746.